The molecule has 2 atom stereocenters. The average molecular weight is 410 g/mol. The Morgan fingerprint density at radius 3 is 2.35 bits per heavy atom. The van der Waals surface area contributed by atoms with Gasteiger partial charge in [0.2, 0.25) is 0 Å². The molecule has 1 N–H and O–H groups in total. The van der Waals surface area contributed by atoms with E-state index in [1.807, 2.05) is 72.4 Å². The second kappa shape index (κ2) is 7.43. The minimum Gasteiger partial charge on any atom is -0.481 e. The molecule has 1 aromatic heterocycles. The van der Waals surface area contributed by atoms with E-state index in [0.29, 0.717) is 17.7 Å². The van der Waals surface area contributed by atoms with Crippen LogP contribution in [-0.4, -0.2) is 26.5 Å². The first-order valence-corrected chi connectivity index (χ1v) is 10.3. The molecule has 1 amide bonds. The second-order valence-corrected chi connectivity index (χ2v) is 7.98. The van der Waals surface area contributed by atoms with Gasteiger partial charge < -0.3 is 14.6 Å². The van der Waals surface area contributed by atoms with E-state index in [0.717, 1.165) is 22.0 Å². The van der Waals surface area contributed by atoms with Gasteiger partial charge in [-0.3, -0.25) is 9.59 Å². The van der Waals surface area contributed by atoms with Gasteiger partial charge in [-0.2, -0.15) is 0 Å². The molecule has 5 nitrogen and oxygen atoms in total. The Hall–Kier alpha value is -3.86. The van der Waals surface area contributed by atoms with Gasteiger partial charge in [0.15, 0.2) is 0 Å². The highest BCUT2D eigenvalue weighted by Crippen LogP contribution is 2.45. The number of carbonyl (C=O) groups excluding carboxylic acids is 1. The molecule has 0 spiro atoms. The number of aliphatic carboxylic acids is 1. The number of carboxylic acid groups (broad SMARTS) is 1. The molecule has 5 rings (SSSR count). The van der Waals surface area contributed by atoms with Crippen molar-refractivity contribution in [3.05, 3.63) is 107 Å². The van der Waals surface area contributed by atoms with E-state index in [9.17, 15) is 14.7 Å². The fraction of sp³-hybridized carbons (Fsp3) is 0.154. The predicted molar refractivity (Wildman–Crippen MR) is 119 cm³/mol. The summed E-state index contributed by atoms with van der Waals surface area (Å²) in [5.41, 5.74) is 3.85. The van der Waals surface area contributed by atoms with Crippen LogP contribution in [0, 0.1) is 0 Å². The number of para-hydroxylation sites is 1. The number of carbonyl (C=O) groups is 2. The molecule has 2 heterocycles. The van der Waals surface area contributed by atoms with Crippen LogP contribution in [0.1, 0.15) is 39.0 Å². The minimum atomic E-state index is -0.934. The minimum absolute atomic E-state index is 0.144. The summed E-state index contributed by atoms with van der Waals surface area (Å²) in [7, 11) is 1.95. The standard InChI is InChI=1S/C26H22N2O3/c1-27-16-21(18-11-7-8-14-22(18)27)24-23(26(30)31)19-12-5-6-13-20(19)25(29)28(24)15-17-9-3-2-4-10-17/h2-14,16,23-24H,15H2,1H3,(H,30,31)/t23-,24+/m0/s1. The summed E-state index contributed by atoms with van der Waals surface area (Å²) < 4.78 is 2.00. The number of benzene rings is 3. The van der Waals surface area contributed by atoms with Crippen molar-refractivity contribution in [3.8, 4) is 0 Å². The number of nitrogens with zero attached hydrogens (tertiary/aromatic N) is 2. The number of rotatable bonds is 4. The number of aromatic nitrogens is 1. The number of amides is 1. The fourth-order valence-corrected chi connectivity index (χ4v) is 4.77. The third-order valence-corrected chi connectivity index (χ3v) is 6.15. The Kier molecular flexibility index (Phi) is 4.59. The molecule has 154 valence electrons. The third kappa shape index (κ3) is 3.10. The Bertz CT molecular complexity index is 1290. The summed E-state index contributed by atoms with van der Waals surface area (Å²) in [6.45, 7) is 0.339. The van der Waals surface area contributed by atoms with Gasteiger partial charge in [0.25, 0.3) is 5.91 Å². The SMILES string of the molecule is Cn1cc([C@@H]2[C@@H](C(=O)O)c3ccccc3C(=O)N2Cc2ccccc2)c2ccccc21. The van der Waals surface area contributed by atoms with Gasteiger partial charge in [-0.05, 0) is 23.3 Å². The molecule has 4 aromatic rings. The topological polar surface area (TPSA) is 62.5 Å². The number of aryl methyl sites for hydroxylation is 1. The summed E-state index contributed by atoms with van der Waals surface area (Å²) in [4.78, 5) is 28.0. The summed E-state index contributed by atoms with van der Waals surface area (Å²) >= 11 is 0. The van der Waals surface area contributed by atoms with Crippen LogP contribution in [-0.2, 0) is 18.4 Å². The summed E-state index contributed by atoms with van der Waals surface area (Å²) in [5.74, 6) is -1.94. The molecule has 0 bridgehead atoms. The first-order valence-electron chi connectivity index (χ1n) is 10.3. The molecule has 0 aliphatic carbocycles. The van der Waals surface area contributed by atoms with Crippen molar-refractivity contribution in [1.82, 2.24) is 9.47 Å². The Morgan fingerprint density at radius 1 is 0.903 bits per heavy atom. The maximum atomic E-state index is 13.6. The van der Waals surface area contributed by atoms with Gasteiger partial charge >= 0.3 is 5.97 Å². The lowest BCUT2D eigenvalue weighted by Crippen LogP contribution is -2.44. The Morgan fingerprint density at radius 2 is 1.58 bits per heavy atom. The van der Waals surface area contributed by atoms with Crippen molar-refractivity contribution in [1.29, 1.82) is 0 Å². The van der Waals surface area contributed by atoms with Crippen molar-refractivity contribution < 1.29 is 14.7 Å². The van der Waals surface area contributed by atoms with Gasteiger partial charge in [0, 0.05) is 41.8 Å². The highest BCUT2D eigenvalue weighted by atomic mass is 16.4. The maximum Gasteiger partial charge on any atom is 0.313 e. The molecular formula is C26H22N2O3. The highest BCUT2D eigenvalue weighted by Gasteiger charge is 2.45. The first kappa shape index (κ1) is 19.1. The predicted octanol–water partition coefficient (Wildman–Crippen LogP) is 4.74. The van der Waals surface area contributed by atoms with E-state index in [1.165, 1.54) is 0 Å². The normalized spacial score (nSPS) is 18.2. The largest absolute Gasteiger partial charge is 0.481 e. The van der Waals surface area contributed by atoms with Crippen LogP contribution in [0.3, 0.4) is 0 Å². The van der Waals surface area contributed by atoms with Crippen molar-refractivity contribution in [2.75, 3.05) is 0 Å². The molecule has 0 radical (unpaired) electrons. The van der Waals surface area contributed by atoms with Gasteiger partial charge in [0.05, 0.1) is 6.04 Å². The van der Waals surface area contributed by atoms with Crippen LogP contribution in [0.4, 0.5) is 0 Å². The van der Waals surface area contributed by atoms with Gasteiger partial charge in [-0.1, -0.05) is 66.7 Å². The first-order chi connectivity index (χ1) is 15.1. The molecule has 1 aliphatic heterocycles. The summed E-state index contributed by atoms with van der Waals surface area (Å²) in [6, 6.07) is 24.1. The van der Waals surface area contributed by atoms with Gasteiger partial charge in [-0.25, -0.2) is 0 Å². The van der Waals surface area contributed by atoms with Crippen molar-refractivity contribution in [3.63, 3.8) is 0 Å². The monoisotopic (exact) mass is 410 g/mol. The summed E-state index contributed by atoms with van der Waals surface area (Å²) in [5, 5.41) is 11.3. The van der Waals surface area contributed by atoms with E-state index < -0.39 is 17.9 Å². The smallest absolute Gasteiger partial charge is 0.313 e. The van der Waals surface area contributed by atoms with Crippen LogP contribution in [0.25, 0.3) is 10.9 Å². The van der Waals surface area contributed by atoms with Crippen LogP contribution in [0.5, 0.6) is 0 Å². The lowest BCUT2D eigenvalue weighted by atomic mass is 9.79. The number of carboxylic acids is 1. The average Bonchev–Trinajstić information content (AvgIpc) is 3.12. The number of hydrogen-bond donors (Lipinski definition) is 1. The molecule has 0 fully saturated rings. The number of hydrogen-bond acceptors (Lipinski definition) is 2. The molecule has 5 heteroatoms. The third-order valence-electron chi connectivity index (χ3n) is 6.15. The van der Waals surface area contributed by atoms with Crippen molar-refractivity contribution in [2.24, 2.45) is 7.05 Å². The Labute approximate surface area is 180 Å². The molecule has 1 aliphatic rings. The molecular weight excluding hydrogens is 388 g/mol. The zero-order chi connectivity index (χ0) is 21.5. The molecule has 31 heavy (non-hydrogen) atoms. The summed E-state index contributed by atoms with van der Waals surface area (Å²) in [6.07, 6.45) is 1.96. The fourth-order valence-electron chi connectivity index (χ4n) is 4.77. The molecule has 0 saturated carbocycles. The Balaban J connectivity index is 1.76. The zero-order valence-corrected chi connectivity index (χ0v) is 17.1. The van der Waals surface area contributed by atoms with Crippen LogP contribution >= 0.6 is 0 Å². The lowest BCUT2D eigenvalue weighted by Gasteiger charge is -2.40. The van der Waals surface area contributed by atoms with Crippen molar-refractivity contribution in [2.45, 2.75) is 18.5 Å². The van der Waals surface area contributed by atoms with Crippen LogP contribution in [0.2, 0.25) is 0 Å². The zero-order valence-electron chi connectivity index (χ0n) is 17.1. The van der Waals surface area contributed by atoms with E-state index >= 15 is 0 Å². The quantitative estimate of drug-likeness (QED) is 0.528. The molecule has 3 aromatic carbocycles. The van der Waals surface area contributed by atoms with Crippen molar-refractivity contribution >= 4 is 22.8 Å². The van der Waals surface area contributed by atoms with E-state index in [2.05, 4.69) is 0 Å². The highest BCUT2D eigenvalue weighted by molar-refractivity contribution is 6.01. The lowest BCUT2D eigenvalue weighted by molar-refractivity contribution is -0.140. The van der Waals surface area contributed by atoms with Gasteiger partial charge in [-0.15, -0.1) is 0 Å². The second-order valence-electron chi connectivity index (χ2n) is 7.98. The number of fused-ring (bicyclic) bond motifs is 2. The van der Waals surface area contributed by atoms with E-state index in [4.69, 9.17) is 0 Å². The van der Waals surface area contributed by atoms with E-state index in [1.54, 1.807) is 29.2 Å². The molecule has 0 unspecified atom stereocenters. The van der Waals surface area contributed by atoms with Crippen LogP contribution < -0.4 is 0 Å². The molecule has 0 saturated heterocycles. The van der Waals surface area contributed by atoms with E-state index in [-0.39, 0.29) is 5.91 Å². The van der Waals surface area contributed by atoms with Gasteiger partial charge in [0.1, 0.15) is 5.92 Å². The van der Waals surface area contributed by atoms with Crippen LogP contribution in [0.15, 0.2) is 85.1 Å². The maximum absolute atomic E-state index is 13.6.